The van der Waals surface area contributed by atoms with Gasteiger partial charge in [0.25, 0.3) is 0 Å². The molecule has 0 amide bonds. The fourth-order valence-electron chi connectivity index (χ4n) is 3.32. The smallest absolute Gasteiger partial charge is 0.111 e. The summed E-state index contributed by atoms with van der Waals surface area (Å²) in [5.41, 5.74) is 2.10. The van der Waals surface area contributed by atoms with Gasteiger partial charge in [-0.2, -0.15) is 0 Å². The van der Waals surface area contributed by atoms with E-state index in [0.29, 0.717) is 11.9 Å². The summed E-state index contributed by atoms with van der Waals surface area (Å²) in [5, 5.41) is 0.741. The Bertz CT molecular complexity index is 583. The lowest BCUT2D eigenvalue weighted by molar-refractivity contribution is 0.441. The maximum Gasteiger partial charge on any atom is 0.111 e. The largest absolute Gasteiger partial charge is 0.325 e. The molecule has 0 unspecified atom stereocenters. The summed E-state index contributed by atoms with van der Waals surface area (Å²) in [4.78, 5) is 4.75. The van der Waals surface area contributed by atoms with Crippen molar-refractivity contribution in [2.45, 2.75) is 51.0 Å². The molecule has 3 rings (SSSR count). The second-order valence-corrected chi connectivity index (χ2v) is 6.38. The molecule has 20 heavy (non-hydrogen) atoms. The summed E-state index contributed by atoms with van der Waals surface area (Å²) in [7, 11) is 0. The highest BCUT2D eigenvalue weighted by atomic mass is 35.5. The molecular weight excluding hydrogens is 291 g/mol. The number of aryl methyl sites for hydroxylation is 1. The first-order valence-electron chi connectivity index (χ1n) is 7.52. The molecule has 0 atom stereocenters. The van der Waals surface area contributed by atoms with E-state index < -0.39 is 0 Å². The zero-order valence-electron chi connectivity index (χ0n) is 11.6. The van der Waals surface area contributed by atoms with E-state index in [1.165, 1.54) is 44.0 Å². The van der Waals surface area contributed by atoms with Crippen molar-refractivity contribution < 1.29 is 0 Å². The van der Waals surface area contributed by atoms with Crippen LogP contribution in [0.25, 0.3) is 11.0 Å². The lowest BCUT2D eigenvalue weighted by atomic mass is 10.1. The standard InChI is InChI=1S/C16H20Cl2N2/c17-11-10-15-19-16-13(18)8-5-9-14(16)20(15)12-6-3-1-2-4-7-12/h5,8-9,12H,1-4,6-7,10-11H2. The minimum absolute atomic E-state index is 0.555. The molecule has 1 saturated carbocycles. The molecule has 1 fully saturated rings. The van der Waals surface area contributed by atoms with Crippen LogP contribution in [0.15, 0.2) is 18.2 Å². The monoisotopic (exact) mass is 310 g/mol. The van der Waals surface area contributed by atoms with Gasteiger partial charge in [0.15, 0.2) is 0 Å². The Morgan fingerprint density at radius 3 is 2.60 bits per heavy atom. The Morgan fingerprint density at radius 2 is 1.90 bits per heavy atom. The summed E-state index contributed by atoms with van der Waals surface area (Å²) >= 11 is 12.3. The van der Waals surface area contributed by atoms with Crippen molar-refractivity contribution in [1.29, 1.82) is 0 Å². The first-order chi connectivity index (χ1) is 9.81. The summed E-state index contributed by atoms with van der Waals surface area (Å²) in [6.45, 7) is 0. The van der Waals surface area contributed by atoms with Crippen LogP contribution in [-0.2, 0) is 6.42 Å². The predicted octanol–water partition coefficient (Wildman–Crippen LogP) is 5.37. The Hall–Kier alpha value is -0.730. The third-order valence-corrected chi connectivity index (χ3v) is 4.75. The highest BCUT2D eigenvalue weighted by Crippen LogP contribution is 2.33. The molecule has 0 aliphatic heterocycles. The van der Waals surface area contributed by atoms with Crippen LogP contribution in [0.5, 0.6) is 0 Å². The Balaban J connectivity index is 2.10. The van der Waals surface area contributed by atoms with Crippen molar-refractivity contribution in [2.24, 2.45) is 0 Å². The van der Waals surface area contributed by atoms with Gasteiger partial charge in [0.1, 0.15) is 11.3 Å². The number of aromatic nitrogens is 2. The van der Waals surface area contributed by atoms with Crippen molar-refractivity contribution in [2.75, 3.05) is 5.88 Å². The zero-order chi connectivity index (χ0) is 13.9. The number of fused-ring (bicyclic) bond motifs is 1. The maximum atomic E-state index is 6.30. The molecule has 0 spiro atoms. The first kappa shape index (κ1) is 14.2. The minimum atomic E-state index is 0.555. The average Bonchev–Trinajstić information content (AvgIpc) is 2.63. The number of rotatable bonds is 3. The zero-order valence-corrected chi connectivity index (χ0v) is 13.1. The number of halogens is 2. The molecule has 0 saturated heterocycles. The predicted molar refractivity (Wildman–Crippen MR) is 85.9 cm³/mol. The SMILES string of the molecule is ClCCc1nc2c(Cl)cccc2n1C1CCCCCC1. The van der Waals surface area contributed by atoms with Crippen LogP contribution >= 0.6 is 23.2 Å². The lowest BCUT2D eigenvalue weighted by Crippen LogP contribution is -2.12. The summed E-state index contributed by atoms with van der Waals surface area (Å²) in [6.07, 6.45) is 8.63. The fraction of sp³-hybridized carbons (Fsp3) is 0.562. The second kappa shape index (κ2) is 6.36. The number of imidazole rings is 1. The molecule has 2 aromatic rings. The highest BCUT2D eigenvalue weighted by molar-refractivity contribution is 6.34. The summed E-state index contributed by atoms with van der Waals surface area (Å²) in [6, 6.07) is 6.62. The quantitative estimate of drug-likeness (QED) is 0.550. The van der Waals surface area contributed by atoms with Crippen LogP contribution in [-0.4, -0.2) is 15.4 Å². The molecule has 2 nitrogen and oxygen atoms in total. The molecular formula is C16H20Cl2N2. The fourth-order valence-corrected chi connectivity index (χ4v) is 3.70. The van der Waals surface area contributed by atoms with Gasteiger partial charge >= 0.3 is 0 Å². The Morgan fingerprint density at radius 1 is 1.15 bits per heavy atom. The van der Waals surface area contributed by atoms with Gasteiger partial charge in [-0.1, -0.05) is 43.4 Å². The molecule has 0 N–H and O–H groups in total. The Kier molecular flexibility index (Phi) is 4.52. The molecule has 4 heteroatoms. The third kappa shape index (κ3) is 2.68. The van der Waals surface area contributed by atoms with Gasteiger partial charge in [0.05, 0.1) is 10.5 Å². The van der Waals surface area contributed by atoms with E-state index in [4.69, 9.17) is 28.2 Å². The first-order valence-corrected chi connectivity index (χ1v) is 8.44. The number of benzene rings is 1. The molecule has 1 aliphatic carbocycles. The molecule has 1 heterocycles. The number of alkyl halides is 1. The van der Waals surface area contributed by atoms with E-state index in [0.717, 1.165) is 22.8 Å². The van der Waals surface area contributed by atoms with E-state index in [1.807, 2.05) is 12.1 Å². The molecule has 1 aliphatic rings. The second-order valence-electron chi connectivity index (χ2n) is 5.59. The van der Waals surface area contributed by atoms with Crippen LogP contribution in [0.1, 0.15) is 50.4 Å². The Labute approximate surface area is 130 Å². The van der Waals surface area contributed by atoms with E-state index in [2.05, 4.69) is 10.6 Å². The van der Waals surface area contributed by atoms with Gasteiger partial charge in [-0.15, -0.1) is 11.6 Å². The van der Waals surface area contributed by atoms with Gasteiger partial charge < -0.3 is 4.57 Å². The van der Waals surface area contributed by atoms with Crippen LogP contribution in [0.4, 0.5) is 0 Å². The normalized spacial score (nSPS) is 17.5. The lowest BCUT2D eigenvalue weighted by Gasteiger charge is -2.20. The van der Waals surface area contributed by atoms with Gasteiger partial charge in [0.2, 0.25) is 0 Å². The van der Waals surface area contributed by atoms with Gasteiger partial charge in [0, 0.05) is 18.3 Å². The number of hydrogen-bond donors (Lipinski definition) is 0. The average molecular weight is 311 g/mol. The van der Waals surface area contributed by atoms with Crippen LogP contribution in [0.2, 0.25) is 5.02 Å². The van der Waals surface area contributed by atoms with Crippen molar-refractivity contribution in [3.8, 4) is 0 Å². The van der Waals surface area contributed by atoms with Gasteiger partial charge in [-0.25, -0.2) is 4.98 Å². The van der Waals surface area contributed by atoms with Crippen LogP contribution in [0.3, 0.4) is 0 Å². The number of nitrogens with zero attached hydrogens (tertiary/aromatic N) is 2. The number of hydrogen-bond acceptors (Lipinski definition) is 1. The van der Waals surface area contributed by atoms with Crippen LogP contribution in [0, 0.1) is 0 Å². The summed E-state index contributed by atoms with van der Waals surface area (Å²) < 4.78 is 2.41. The molecule has 108 valence electrons. The molecule has 0 bridgehead atoms. The van der Waals surface area contributed by atoms with Crippen molar-refractivity contribution >= 4 is 34.2 Å². The maximum absolute atomic E-state index is 6.30. The van der Waals surface area contributed by atoms with Gasteiger partial charge in [-0.05, 0) is 25.0 Å². The third-order valence-electron chi connectivity index (χ3n) is 4.25. The minimum Gasteiger partial charge on any atom is -0.325 e. The van der Waals surface area contributed by atoms with Crippen molar-refractivity contribution in [3.05, 3.63) is 29.0 Å². The van der Waals surface area contributed by atoms with E-state index in [9.17, 15) is 0 Å². The van der Waals surface area contributed by atoms with E-state index >= 15 is 0 Å². The topological polar surface area (TPSA) is 17.8 Å². The van der Waals surface area contributed by atoms with Crippen molar-refractivity contribution in [1.82, 2.24) is 9.55 Å². The van der Waals surface area contributed by atoms with E-state index in [-0.39, 0.29) is 0 Å². The highest BCUT2D eigenvalue weighted by Gasteiger charge is 2.21. The van der Waals surface area contributed by atoms with Crippen molar-refractivity contribution in [3.63, 3.8) is 0 Å². The van der Waals surface area contributed by atoms with Crippen LogP contribution < -0.4 is 0 Å². The molecule has 1 aromatic heterocycles. The molecule has 0 radical (unpaired) electrons. The van der Waals surface area contributed by atoms with E-state index in [1.54, 1.807) is 0 Å². The molecule has 1 aromatic carbocycles. The summed E-state index contributed by atoms with van der Waals surface area (Å²) in [5.74, 6) is 1.70. The van der Waals surface area contributed by atoms with Gasteiger partial charge in [-0.3, -0.25) is 0 Å². The number of para-hydroxylation sites is 1.